The van der Waals surface area contributed by atoms with Gasteiger partial charge in [-0.1, -0.05) is 42.1 Å². The van der Waals surface area contributed by atoms with Crippen LogP contribution in [0.3, 0.4) is 0 Å². The summed E-state index contributed by atoms with van der Waals surface area (Å²) in [5.41, 5.74) is 3.67. The third-order valence-corrected chi connectivity index (χ3v) is 5.92. The minimum absolute atomic E-state index is 0.0487. The molecule has 0 fully saturated rings. The number of fused-ring (bicyclic) bond motifs is 3. The molecule has 5 nitrogen and oxygen atoms in total. The number of aryl methyl sites for hydroxylation is 1. The number of carbonyl (C=O) groups excluding carboxylic acids is 1. The molecule has 0 bridgehead atoms. The Hall–Kier alpha value is -2.93. The van der Waals surface area contributed by atoms with Crippen LogP contribution in [-0.4, -0.2) is 37.7 Å². The van der Waals surface area contributed by atoms with Gasteiger partial charge in [0.15, 0.2) is 10.8 Å². The van der Waals surface area contributed by atoms with Gasteiger partial charge in [-0.25, -0.2) is 4.39 Å². The lowest BCUT2D eigenvalue weighted by atomic mass is 10.1. The molecule has 1 amide bonds. The number of carbonyl (C=O) groups is 1. The summed E-state index contributed by atoms with van der Waals surface area (Å²) in [6.07, 6.45) is 0. The highest BCUT2D eigenvalue weighted by molar-refractivity contribution is 8.00. The summed E-state index contributed by atoms with van der Waals surface area (Å²) in [6, 6.07) is 16.4. The van der Waals surface area contributed by atoms with Gasteiger partial charge in [0, 0.05) is 19.0 Å². The van der Waals surface area contributed by atoms with Crippen molar-refractivity contribution in [2.45, 2.75) is 30.8 Å². The summed E-state index contributed by atoms with van der Waals surface area (Å²) in [5.74, 6) is -0.352. The molecule has 1 atom stereocenters. The fourth-order valence-electron chi connectivity index (χ4n) is 3.46. The molecule has 4 rings (SSSR count). The number of halogens is 1. The van der Waals surface area contributed by atoms with Crippen molar-refractivity contribution in [2.24, 2.45) is 0 Å². The molecule has 2 heterocycles. The molecule has 0 aliphatic rings. The molecule has 1 unspecified atom stereocenters. The molecule has 29 heavy (non-hydrogen) atoms. The van der Waals surface area contributed by atoms with Crippen molar-refractivity contribution < 1.29 is 9.18 Å². The highest BCUT2D eigenvalue weighted by Crippen LogP contribution is 2.28. The van der Waals surface area contributed by atoms with Crippen molar-refractivity contribution >= 4 is 34.2 Å². The van der Waals surface area contributed by atoms with Gasteiger partial charge in [-0.05, 0) is 49.2 Å². The Labute approximate surface area is 172 Å². The highest BCUT2D eigenvalue weighted by Gasteiger charge is 2.22. The van der Waals surface area contributed by atoms with Crippen LogP contribution in [-0.2, 0) is 11.3 Å². The predicted molar refractivity (Wildman–Crippen MR) is 113 cm³/mol. The largest absolute Gasteiger partial charge is 0.340 e. The van der Waals surface area contributed by atoms with E-state index in [1.54, 1.807) is 18.0 Å². The predicted octanol–water partition coefficient (Wildman–Crippen LogP) is 4.47. The minimum Gasteiger partial charge on any atom is -0.340 e. The first-order chi connectivity index (χ1) is 13.9. The summed E-state index contributed by atoms with van der Waals surface area (Å²) >= 11 is 1.37. The van der Waals surface area contributed by atoms with Crippen molar-refractivity contribution in [1.29, 1.82) is 0 Å². The second kappa shape index (κ2) is 7.83. The lowest BCUT2D eigenvalue weighted by Gasteiger charge is -2.21. The molecular weight excluding hydrogens is 387 g/mol. The first-order valence-corrected chi connectivity index (χ1v) is 10.2. The lowest BCUT2D eigenvalue weighted by Crippen LogP contribution is -2.32. The molecular formula is C22H21FN4OS. The molecule has 0 aliphatic heterocycles. The lowest BCUT2D eigenvalue weighted by molar-refractivity contribution is -0.129. The topological polar surface area (TPSA) is 50.5 Å². The number of nitrogens with zero attached hydrogens (tertiary/aromatic N) is 4. The molecule has 0 spiro atoms. The van der Waals surface area contributed by atoms with Crippen LogP contribution in [0.1, 0.15) is 18.1 Å². The van der Waals surface area contributed by atoms with Gasteiger partial charge in [-0.3, -0.25) is 9.20 Å². The van der Waals surface area contributed by atoms with Gasteiger partial charge in [0.05, 0.1) is 10.8 Å². The third-order valence-electron chi connectivity index (χ3n) is 4.89. The SMILES string of the molecule is Cc1cc2nnc(SC(C)C(=O)N(C)Cc3cccc(F)c3)n2c2ccccc12. The van der Waals surface area contributed by atoms with E-state index in [2.05, 4.69) is 23.2 Å². The Kier molecular flexibility index (Phi) is 5.24. The Bertz CT molecular complexity index is 1210. The summed E-state index contributed by atoms with van der Waals surface area (Å²) in [5, 5.41) is 10.1. The maximum Gasteiger partial charge on any atom is 0.235 e. The summed E-state index contributed by atoms with van der Waals surface area (Å²) in [7, 11) is 1.73. The van der Waals surface area contributed by atoms with Gasteiger partial charge >= 0.3 is 0 Å². The number of thioether (sulfide) groups is 1. The molecule has 0 N–H and O–H groups in total. The minimum atomic E-state index is -0.360. The molecule has 0 saturated carbocycles. The standard InChI is InChI=1S/C22H21FN4OS/c1-14-11-20-24-25-22(27(20)19-10-5-4-9-18(14)19)29-15(2)21(28)26(3)13-16-7-6-8-17(23)12-16/h4-12,15H,13H2,1-3H3. The van der Waals surface area contributed by atoms with Crippen LogP contribution < -0.4 is 0 Å². The normalized spacial score (nSPS) is 12.4. The van der Waals surface area contributed by atoms with E-state index < -0.39 is 0 Å². The van der Waals surface area contributed by atoms with E-state index >= 15 is 0 Å². The van der Waals surface area contributed by atoms with E-state index in [4.69, 9.17) is 0 Å². The maximum absolute atomic E-state index is 13.4. The van der Waals surface area contributed by atoms with Gasteiger partial charge < -0.3 is 4.90 Å². The van der Waals surface area contributed by atoms with E-state index in [1.807, 2.05) is 41.7 Å². The number of amides is 1. The van der Waals surface area contributed by atoms with Crippen molar-refractivity contribution in [3.05, 3.63) is 71.5 Å². The van der Waals surface area contributed by atoms with Gasteiger partial charge in [-0.15, -0.1) is 10.2 Å². The maximum atomic E-state index is 13.4. The van der Waals surface area contributed by atoms with Crippen LogP contribution in [0.2, 0.25) is 0 Å². The van der Waals surface area contributed by atoms with Crippen LogP contribution in [0.5, 0.6) is 0 Å². The zero-order valence-electron chi connectivity index (χ0n) is 16.5. The number of para-hydroxylation sites is 1. The number of hydrogen-bond donors (Lipinski definition) is 0. The van der Waals surface area contributed by atoms with Gasteiger partial charge in [0.1, 0.15) is 5.82 Å². The second-order valence-corrected chi connectivity index (χ2v) is 8.41. The van der Waals surface area contributed by atoms with Crippen molar-refractivity contribution in [2.75, 3.05) is 7.05 Å². The van der Waals surface area contributed by atoms with Crippen molar-refractivity contribution in [1.82, 2.24) is 19.5 Å². The molecule has 0 radical (unpaired) electrons. The molecule has 2 aromatic heterocycles. The molecule has 148 valence electrons. The van der Waals surface area contributed by atoms with E-state index in [1.165, 1.54) is 23.9 Å². The zero-order valence-corrected chi connectivity index (χ0v) is 17.3. The smallest absolute Gasteiger partial charge is 0.235 e. The quantitative estimate of drug-likeness (QED) is 0.457. The van der Waals surface area contributed by atoms with E-state index in [0.717, 1.165) is 27.7 Å². The molecule has 0 aliphatic carbocycles. The van der Waals surface area contributed by atoms with E-state index in [-0.39, 0.29) is 17.0 Å². The van der Waals surface area contributed by atoms with Crippen LogP contribution >= 0.6 is 11.8 Å². The van der Waals surface area contributed by atoms with Crippen molar-refractivity contribution in [3.63, 3.8) is 0 Å². The Morgan fingerprint density at radius 1 is 1.17 bits per heavy atom. The van der Waals surface area contributed by atoms with E-state index in [0.29, 0.717) is 11.7 Å². The number of aromatic nitrogens is 3. The summed E-state index contributed by atoms with van der Waals surface area (Å²) in [4.78, 5) is 14.5. The Morgan fingerprint density at radius 2 is 1.97 bits per heavy atom. The number of rotatable bonds is 5. The van der Waals surface area contributed by atoms with Crippen LogP contribution in [0.15, 0.2) is 59.8 Å². The number of pyridine rings is 1. The molecule has 4 aromatic rings. The summed E-state index contributed by atoms with van der Waals surface area (Å²) in [6.45, 7) is 4.26. The molecule has 0 saturated heterocycles. The second-order valence-electron chi connectivity index (χ2n) is 7.10. The molecule has 7 heteroatoms. The van der Waals surface area contributed by atoms with Crippen LogP contribution in [0.4, 0.5) is 4.39 Å². The monoisotopic (exact) mass is 408 g/mol. The number of hydrogen-bond acceptors (Lipinski definition) is 4. The average molecular weight is 409 g/mol. The Morgan fingerprint density at radius 3 is 2.76 bits per heavy atom. The highest BCUT2D eigenvalue weighted by atomic mass is 32.2. The van der Waals surface area contributed by atoms with Crippen LogP contribution in [0.25, 0.3) is 16.6 Å². The van der Waals surface area contributed by atoms with Gasteiger partial charge in [-0.2, -0.15) is 0 Å². The Balaban J connectivity index is 1.58. The van der Waals surface area contributed by atoms with Gasteiger partial charge in [0.25, 0.3) is 0 Å². The van der Waals surface area contributed by atoms with Crippen LogP contribution in [0, 0.1) is 12.7 Å². The molecule has 2 aromatic carbocycles. The first kappa shape index (κ1) is 19.4. The fourth-order valence-corrected chi connectivity index (χ4v) is 4.44. The van der Waals surface area contributed by atoms with E-state index in [9.17, 15) is 9.18 Å². The third kappa shape index (κ3) is 3.82. The average Bonchev–Trinajstić information content (AvgIpc) is 3.10. The van der Waals surface area contributed by atoms with Crippen molar-refractivity contribution in [3.8, 4) is 0 Å². The number of benzene rings is 2. The zero-order chi connectivity index (χ0) is 20.5. The first-order valence-electron chi connectivity index (χ1n) is 9.33. The fraction of sp³-hybridized carbons (Fsp3) is 0.227. The summed E-state index contributed by atoms with van der Waals surface area (Å²) < 4.78 is 15.4. The van der Waals surface area contributed by atoms with Gasteiger partial charge in [0.2, 0.25) is 5.91 Å².